The Hall–Kier alpha value is -1.40. The Morgan fingerprint density at radius 2 is 1.92 bits per heavy atom. The minimum Gasteiger partial charge on any atom is -0.465 e. The topological polar surface area (TPSA) is 71.1 Å². The fourth-order valence-corrected chi connectivity index (χ4v) is 4.48. The Bertz CT molecular complexity index is 490. The summed E-state index contributed by atoms with van der Waals surface area (Å²) in [4.78, 5) is 23.3. The second kappa shape index (κ2) is 8.32. The molecule has 0 spiro atoms. The van der Waals surface area contributed by atoms with Crippen LogP contribution in [0.4, 0.5) is 0 Å². The molecule has 2 heterocycles. The van der Waals surface area contributed by atoms with Crippen LogP contribution in [0.25, 0.3) is 0 Å². The highest BCUT2D eigenvalue weighted by Crippen LogP contribution is 2.44. The fraction of sp³-hybridized carbons (Fsp3) is 0.789. The molecule has 25 heavy (non-hydrogen) atoms. The van der Waals surface area contributed by atoms with Crippen molar-refractivity contribution in [1.29, 1.82) is 0 Å². The Balaban J connectivity index is 1.60. The molecule has 4 rings (SSSR count). The number of esters is 2. The van der Waals surface area contributed by atoms with Crippen LogP contribution >= 0.6 is 0 Å². The molecule has 0 aromatic heterocycles. The SMILES string of the molecule is C=CC(=O)OCC(C)OC1CC(=O)OCC2CC3CC(C2)CC(C3)O1. The quantitative estimate of drug-likeness (QED) is 0.559. The summed E-state index contributed by atoms with van der Waals surface area (Å²) in [7, 11) is 0. The standard InChI is InChI=1S/C19H28O6/c1-3-17(20)22-10-12(2)24-19-9-18(21)23-11-15-5-13-4-14(6-15)8-16(7-13)25-19/h3,12-16,19H,1,4-11H2,2H3. The van der Waals surface area contributed by atoms with Gasteiger partial charge in [-0.1, -0.05) is 6.58 Å². The summed E-state index contributed by atoms with van der Waals surface area (Å²) in [6.45, 7) is 5.75. The molecule has 0 N–H and O–H groups in total. The first kappa shape index (κ1) is 18.4. The predicted octanol–water partition coefficient (Wildman–Crippen LogP) is 2.61. The van der Waals surface area contributed by atoms with Crippen molar-refractivity contribution in [3.8, 4) is 0 Å². The second-order valence-electron chi connectivity index (χ2n) is 7.63. The van der Waals surface area contributed by atoms with Gasteiger partial charge in [0.05, 0.1) is 25.2 Å². The van der Waals surface area contributed by atoms with Crippen molar-refractivity contribution in [3.05, 3.63) is 12.7 Å². The van der Waals surface area contributed by atoms with Crippen molar-refractivity contribution in [2.45, 2.75) is 63.9 Å². The maximum absolute atomic E-state index is 12.1. The van der Waals surface area contributed by atoms with Crippen LogP contribution in [0.15, 0.2) is 12.7 Å². The molecule has 4 aliphatic rings. The molecule has 140 valence electrons. The lowest BCUT2D eigenvalue weighted by Gasteiger charge is -2.42. The molecule has 6 heteroatoms. The van der Waals surface area contributed by atoms with Crippen LogP contribution in [-0.2, 0) is 28.5 Å². The van der Waals surface area contributed by atoms with E-state index in [0.29, 0.717) is 24.4 Å². The average Bonchev–Trinajstić information content (AvgIpc) is 2.59. The third-order valence-electron chi connectivity index (χ3n) is 5.36. The second-order valence-corrected chi connectivity index (χ2v) is 7.63. The summed E-state index contributed by atoms with van der Waals surface area (Å²) in [6, 6.07) is 0. The molecule has 0 aromatic carbocycles. The molecule has 2 saturated heterocycles. The summed E-state index contributed by atoms with van der Waals surface area (Å²) in [6.07, 6.45) is 5.85. The smallest absolute Gasteiger partial charge is 0.330 e. The van der Waals surface area contributed by atoms with Gasteiger partial charge in [-0.15, -0.1) is 0 Å². The molecule has 0 amide bonds. The predicted molar refractivity (Wildman–Crippen MR) is 89.5 cm³/mol. The summed E-state index contributed by atoms with van der Waals surface area (Å²) in [5.74, 6) is 1.02. The van der Waals surface area contributed by atoms with Crippen LogP contribution in [0.2, 0.25) is 0 Å². The third kappa shape index (κ3) is 5.28. The highest BCUT2D eigenvalue weighted by Gasteiger charge is 2.39. The van der Waals surface area contributed by atoms with E-state index in [1.54, 1.807) is 6.92 Å². The molecular formula is C19H28O6. The van der Waals surface area contributed by atoms with Crippen molar-refractivity contribution < 1.29 is 28.5 Å². The van der Waals surface area contributed by atoms with E-state index in [2.05, 4.69) is 6.58 Å². The number of hydrogen-bond acceptors (Lipinski definition) is 6. The summed E-state index contributed by atoms with van der Waals surface area (Å²) in [5, 5.41) is 0. The Labute approximate surface area is 148 Å². The highest BCUT2D eigenvalue weighted by molar-refractivity contribution is 5.81. The average molecular weight is 352 g/mol. The van der Waals surface area contributed by atoms with Gasteiger partial charge in [-0.05, 0) is 56.8 Å². The van der Waals surface area contributed by atoms with Gasteiger partial charge in [-0.2, -0.15) is 0 Å². The highest BCUT2D eigenvalue weighted by atomic mass is 16.7. The van der Waals surface area contributed by atoms with Gasteiger partial charge in [0, 0.05) is 6.08 Å². The van der Waals surface area contributed by atoms with E-state index in [1.165, 1.54) is 6.42 Å². The lowest BCUT2D eigenvalue weighted by atomic mass is 9.67. The molecule has 4 bridgehead atoms. The van der Waals surface area contributed by atoms with Crippen molar-refractivity contribution in [1.82, 2.24) is 0 Å². The number of hydrogen-bond donors (Lipinski definition) is 0. The van der Waals surface area contributed by atoms with Crippen molar-refractivity contribution >= 4 is 11.9 Å². The van der Waals surface area contributed by atoms with Crippen LogP contribution in [-0.4, -0.2) is 43.7 Å². The number of fused-ring (bicyclic) bond motifs is 5. The maximum atomic E-state index is 12.1. The zero-order valence-corrected chi connectivity index (χ0v) is 14.9. The summed E-state index contributed by atoms with van der Waals surface area (Å²) >= 11 is 0. The molecule has 2 aliphatic heterocycles. The number of ether oxygens (including phenoxy) is 4. The van der Waals surface area contributed by atoms with Gasteiger partial charge in [0.15, 0.2) is 6.29 Å². The third-order valence-corrected chi connectivity index (χ3v) is 5.36. The van der Waals surface area contributed by atoms with Gasteiger partial charge < -0.3 is 18.9 Å². The van der Waals surface area contributed by atoms with Crippen molar-refractivity contribution in [2.75, 3.05) is 13.2 Å². The number of carbonyl (C=O) groups excluding carboxylic acids is 2. The maximum Gasteiger partial charge on any atom is 0.330 e. The lowest BCUT2D eigenvalue weighted by Crippen LogP contribution is -2.38. The van der Waals surface area contributed by atoms with E-state index in [9.17, 15) is 9.59 Å². The summed E-state index contributed by atoms with van der Waals surface area (Å²) < 4.78 is 22.4. The van der Waals surface area contributed by atoms with Gasteiger partial charge in [-0.25, -0.2) is 4.79 Å². The fourth-order valence-electron chi connectivity index (χ4n) is 4.48. The van der Waals surface area contributed by atoms with Gasteiger partial charge in [0.25, 0.3) is 0 Å². The van der Waals surface area contributed by atoms with Crippen LogP contribution in [0.5, 0.6) is 0 Å². The van der Waals surface area contributed by atoms with Crippen LogP contribution < -0.4 is 0 Å². The van der Waals surface area contributed by atoms with Crippen LogP contribution in [0.1, 0.15) is 45.4 Å². The van der Waals surface area contributed by atoms with Gasteiger partial charge >= 0.3 is 11.9 Å². The normalized spacial score (nSPS) is 36.2. The molecule has 4 atom stereocenters. The van der Waals surface area contributed by atoms with E-state index >= 15 is 0 Å². The van der Waals surface area contributed by atoms with Gasteiger partial charge in [0.1, 0.15) is 6.61 Å². The van der Waals surface area contributed by atoms with Crippen molar-refractivity contribution in [2.24, 2.45) is 17.8 Å². The minimum absolute atomic E-state index is 0.0678. The zero-order valence-electron chi connectivity index (χ0n) is 14.9. The van der Waals surface area contributed by atoms with E-state index < -0.39 is 12.3 Å². The molecule has 0 radical (unpaired) electrons. The zero-order chi connectivity index (χ0) is 17.8. The number of carbonyl (C=O) groups is 2. The molecule has 4 unspecified atom stereocenters. The van der Waals surface area contributed by atoms with Gasteiger partial charge in [0.2, 0.25) is 0 Å². The summed E-state index contributed by atoms with van der Waals surface area (Å²) in [5.41, 5.74) is 0. The van der Waals surface area contributed by atoms with E-state index in [1.807, 2.05) is 0 Å². The first-order chi connectivity index (χ1) is 12.0. The molecule has 2 aliphatic carbocycles. The van der Waals surface area contributed by atoms with E-state index in [0.717, 1.165) is 31.8 Å². The van der Waals surface area contributed by atoms with E-state index in [4.69, 9.17) is 18.9 Å². The Kier molecular flexibility index (Phi) is 6.12. The molecular weight excluding hydrogens is 324 g/mol. The Morgan fingerprint density at radius 3 is 2.60 bits per heavy atom. The Morgan fingerprint density at radius 1 is 1.24 bits per heavy atom. The molecule has 6 nitrogen and oxygen atoms in total. The van der Waals surface area contributed by atoms with Crippen molar-refractivity contribution in [3.63, 3.8) is 0 Å². The van der Waals surface area contributed by atoms with Crippen LogP contribution in [0, 0.1) is 17.8 Å². The first-order valence-electron chi connectivity index (χ1n) is 9.27. The van der Waals surface area contributed by atoms with E-state index in [-0.39, 0.29) is 31.2 Å². The van der Waals surface area contributed by atoms with Gasteiger partial charge in [-0.3, -0.25) is 4.79 Å². The lowest BCUT2D eigenvalue weighted by molar-refractivity contribution is -0.215. The number of rotatable bonds is 5. The van der Waals surface area contributed by atoms with Crippen LogP contribution in [0.3, 0.4) is 0 Å². The minimum atomic E-state index is -0.663. The molecule has 2 saturated carbocycles. The largest absolute Gasteiger partial charge is 0.465 e. The molecule has 0 aromatic rings. The first-order valence-corrected chi connectivity index (χ1v) is 9.27. The monoisotopic (exact) mass is 352 g/mol. The molecule has 4 fully saturated rings.